The van der Waals surface area contributed by atoms with Crippen molar-refractivity contribution in [1.82, 2.24) is 9.55 Å². The van der Waals surface area contributed by atoms with Gasteiger partial charge in [0.1, 0.15) is 5.82 Å². The van der Waals surface area contributed by atoms with Crippen LogP contribution in [0.15, 0.2) is 90.3 Å². The molecule has 0 aliphatic carbocycles. The Hall–Kier alpha value is -3.43. The van der Waals surface area contributed by atoms with Crippen LogP contribution >= 0.6 is 11.3 Å². The summed E-state index contributed by atoms with van der Waals surface area (Å²) in [6.07, 6.45) is 1.11. The molecule has 2 aromatic heterocycles. The molecule has 0 saturated heterocycles. The fourth-order valence-electron chi connectivity index (χ4n) is 4.63. The zero-order chi connectivity index (χ0) is 21.7. The Bertz CT molecular complexity index is 1590. The third kappa shape index (κ3) is 3.21. The first kappa shape index (κ1) is 19.3. The molecule has 6 rings (SSSR count). The molecule has 0 unspecified atom stereocenters. The smallest absolute Gasteiger partial charge is 0.147 e. The summed E-state index contributed by atoms with van der Waals surface area (Å²) in [6.45, 7) is 4.55. The standard InChI is InChI=1S/C29H24N2S/c1-19(2)15-20-11-14-24-25(18-32-28(24)16-20)29-30-26-9-5-6-10-27(26)31(29)23-13-12-21-7-3-4-8-22(21)17-23/h3-14,16-19H,15H2,1-2H3. The maximum absolute atomic E-state index is 5.10. The molecule has 0 spiro atoms. The van der Waals surface area contributed by atoms with Crippen molar-refractivity contribution in [3.8, 4) is 17.1 Å². The first-order chi connectivity index (χ1) is 15.7. The number of imidazole rings is 1. The third-order valence-electron chi connectivity index (χ3n) is 6.08. The zero-order valence-corrected chi connectivity index (χ0v) is 19.1. The molecule has 4 aromatic carbocycles. The van der Waals surface area contributed by atoms with Gasteiger partial charge in [-0.25, -0.2) is 4.98 Å². The molecular weight excluding hydrogens is 408 g/mol. The highest BCUT2D eigenvalue weighted by atomic mass is 32.1. The van der Waals surface area contributed by atoms with E-state index in [1.165, 1.54) is 32.0 Å². The van der Waals surface area contributed by atoms with Crippen molar-refractivity contribution in [1.29, 1.82) is 0 Å². The van der Waals surface area contributed by atoms with Gasteiger partial charge in [0.25, 0.3) is 0 Å². The Morgan fingerprint density at radius 3 is 2.53 bits per heavy atom. The number of benzene rings is 4. The fourth-order valence-corrected chi connectivity index (χ4v) is 5.63. The van der Waals surface area contributed by atoms with Crippen molar-refractivity contribution in [3.63, 3.8) is 0 Å². The van der Waals surface area contributed by atoms with Crippen LogP contribution < -0.4 is 0 Å². The Balaban J connectivity index is 1.58. The van der Waals surface area contributed by atoms with Crippen molar-refractivity contribution in [3.05, 3.63) is 95.9 Å². The number of rotatable bonds is 4. The van der Waals surface area contributed by atoms with Gasteiger partial charge in [-0.3, -0.25) is 4.57 Å². The molecule has 32 heavy (non-hydrogen) atoms. The number of thiophene rings is 1. The van der Waals surface area contributed by atoms with E-state index in [-0.39, 0.29) is 0 Å². The molecule has 0 bridgehead atoms. The number of hydrogen-bond donors (Lipinski definition) is 0. The zero-order valence-electron chi connectivity index (χ0n) is 18.2. The molecule has 2 nitrogen and oxygen atoms in total. The highest BCUT2D eigenvalue weighted by Crippen LogP contribution is 2.37. The maximum Gasteiger partial charge on any atom is 0.147 e. The summed E-state index contributed by atoms with van der Waals surface area (Å²) >= 11 is 1.81. The van der Waals surface area contributed by atoms with Crippen LogP contribution in [0.3, 0.4) is 0 Å². The molecule has 0 aliphatic rings. The van der Waals surface area contributed by atoms with Crippen LogP contribution in [-0.2, 0) is 6.42 Å². The lowest BCUT2D eigenvalue weighted by Crippen LogP contribution is -1.97. The first-order valence-corrected chi connectivity index (χ1v) is 12.0. The van der Waals surface area contributed by atoms with E-state index in [1.54, 1.807) is 0 Å². The Labute approximate surface area is 191 Å². The predicted molar refractivity (Wildman–Crippen MR) is 138 cm³/mol. The molecule has 0 atom stereocenters. The Morgan fingerprint density at radius 2 is 1.66 bits per heavy atom. The second-order valence-corrected chi connectivity index (χ2v) is 9.78. The largest absolute Gasteiger partial charge is 0.292 e. The summed E-state index contributed by atoms with van der Waals surface area (Å²) in [5.74, 6) is 1.66. The van der Waals surface area contributed by atoms with E-state index in [2.05, 4.69) is 109 Å². The number of nitrogens with zero attached hydrogens (tertiary/aromatic N) is 2. The normalized spacial score (nSPS) is 11.8. The summed E-state index contributed by atoms with van der Waals surface area (Å²) in [5.41, 5.74) is 5.90. The lowest BCUT2D eigenvalue weighted by Gasteiger charge is -2.11. The van der Waals surface area contributed by atoms with Crippen molar-refractivity contribution in [2.75, 3.05) is 0 Å². The summed E-state index contributed by atoms with van der Waals surface area (Å²) < 4.78 is 3.64. The van der Waals surface area contributed by atoms with Gasteiger partial charge < -0.3 is 0 Å². The summed E-state index contributed by atoms with van der Waals surface area (Å²) in [5, 5.41) is 6.03. The van der Waals surface area contributed by atoms with E-state index in [4.69, 9.17) is 4.98 Å². The Kier molecular flexibility index (Phi) is 4.58. The van der Waals surface area contributed by atoms with E-state index in [9.17, 15) is 0 Å². The average molecular weight is 433 g/mol. The lowest BCUT2D eigenvalue weighted by atomic mass is 10.0. The lowest BCUT2D eigenvalue weighted by molar-refractivity contribution is 0.648. The van der Waals surface area contributed by atoms with Gasteiger partial charge in [0, 0.05) is 26.7 Å². The first-order valence-electron chi connectivity index (χ1n) is 11.1. The second-order valence-electron chi connectivity index (χ2n) is 8.87. The molecule has 0 amide bonds. The van der Waals surface area contributed by atoms with Gasteiger partial charge in [-0.1, -0.05) is 68.4 Å². The van der Waals surface area contributed by atoms with Gasteiger partial charge in [-0.15, -0.1) is 11.3 Å². The molecule has 6 aromatic rings. The summed E-state index contributed by atoms with van der Waals surface area (Å²) in [4.78, 5) is 5.10. The van der Waals surface area contributed by atoms with E-state index in [0.29, 0.717) is 5.92 Å². The molecule has 0 fully saturated rings. The van der Waals surface area contributed by atoms with Crippen molar-refractivity contribution in [2.45, 2.75) is 20.3 Å². The number of fused-ring (bicyclic) bond motifs is 3. The Morgan fingerprint density at radius 1 is 0.844 bits per heavy atom. The van der Waals surface area contributed by atoms with E-state index in [1.807, 2.05) is 11.3 Å². The fraction of sp³-hybridized carbons (Fsp3) is 0.138. The minimum Gasteiger partial charge on any atom is -0.292 e. The molecule has 0 N–H and O–H groups in total. The summed E-state index contributed by atoms with van der Waals surface area (Å²) in [7, 11) is 0. The van der Waals surface area contributed by atoms with Crippen LogP contribution in [0.4, 0.5) is 0 Å². The van der Waals surface area contributed by atoms with Crippen molar-refractivity contribution < 1.29 is 0 Å². The average Bonchev–Trinajstić information content (AvgIpc) is 3.39. The highest BCUT2D eigenvalue weighted by molar-refractivity contribution is 7.17. The number of para-hydroxylation sites is 2. The SMILES string of the molecule is CC(C)Cc1ccc2c(-c3nc4ccccc4n3-c3ccc4ccccc4c3)csc2c1. The quantitative estimate of drug-likeness (QED) is 0.274. The molecule has 2 heterocycles. The minimum atomic E-state index is 0.656. The van der Waals surface area contributed by atoms with Gasteiger partial charge in [-0.2, -0.15) is 0 Å². The molecular formula is C29H24N2S. The van der Waals surface area contributed by atoms with E-state index in [0.717, 1.165) is 29.0 Å². The van der Waals surface area contributed by atoms with Crippen LogP contribution in [0.1, 0.15) is 19.4 Å². The molecule has 156 valence electrons. The molecule has 3 heteroatoms. The van der Waals surface area contributed by atoms with Crippen LogP contribution in [-0.4, -0.2) is 9.55 Å². The van der Waals surface area contributed by atoms with Crippen LogP contribution in [0.25, 0.3) is 49.0 Å². The summed E-state index contributed by atoms with van der Waals surface area (Å²) in [6, 6.07) is 30.5. The van der Waals surface area contributed by atoms with E-state index >= 15 is 0 Å². The van der Waals surface area contributed by atoms with E-state index < -0.39 is 0 Å². The van der Waals surface area contributed by atoms with Crippen LogP contribution in [0.2, 0.25) is 0 Å². The minimum absolute atomic E-state index is 0.656. The molecule has 0 aliphatic heterocycles. The maximum atomic E-state index is 5.10. The van der Waals surface area contributed by atoms with Crippen molar-refractivity contribution >= 4 is 43.2 Å². The van der Waals surface area contributed by atoms with Gasteiger partial charge in [-0.05, 0) is 59.0 Å². The predicted octanol–water partition coefficient (Wildman–Crippen LogP) is 8.26. The molecule has 0 saturated carbocycles. The number of hydrogen-bond acceptors (Lipinski definition) is 2. The van der Waals surface area contributed by atoms with Gasteiger partial charge in [0.05, 0.1) is 11.0 Å². The van der Waals surface area contributed by atoms with Gasteiger partial charge in [0.2, 0.25) is 0 Å². The van der Waals surface area contributed by atoms with Crippen LogP contribution in [0, 0.1) is 5.92 Å². The van der Waals surface area contributed by atoms with Gasteiger partial charge in [0.15, 0.2) is 0 Å². The molecule has 0 radical (unpaired) electrons. The van der Waals surface area contributed by atoms with Gasteiger partial charge >= 0.3 is 0 Å². The third-order valence-corrected chi connectivity index (χ3v) is 7.02. The number of aromatic nitrogens is 2. The highest BCUT2D eigenvalue weighted by Gasteiger charge is 2.18. The second kappa shape index (κ2) is 7.61. The van der Waals surface area contributed by atoms with Crippen LogP contribution in [0.5, 0.6) is 0 Å². The van der Waals surface area contributed by atoms with Crippen molar-refractivity contribution in [2.24, 2.45) is 5.92 Å². The monoisotopic (exact) mass is 432 g/mol. The topological polar surface area (TPSA) is 17.8 Å².